The van der Waals surface area contributed by atoms with Crippen molar-refractivity contribution in [3.8, 4) is 11.6 Å². The molecule has 33 heavy (non-hydrogen) atoms. The number of benzene rings is 2. The van der Waals surface area contributed by atoms with E-state index in [1.165, 1.54) is 6.07 Å². The molecule has 0 aliphatic heterocycles. The number of aromatic nitrogens is 2. The number of amides is 1. The summed E-state index contributed by atoms with van der Waals surface area (Å²) in [6, 6.07) is 8.60. The molecule has 0 spiro atoms. The van der Waals surface area contributed by atoms with Gasteiger partial charge in [-0.25, -0.2) is 9.97 Å². The molecule has 2 aromatic heterocycles. The number of halogens is 7. The van der Waals surface area contributed by atoms with Crippen molar-refractivity contribution in [3.05, 3.63) is 73.8 Å². The van der Waals surface area contributed by atoms with Crippen LogP contribution in [-0.2, 0) is 6.18 Å². The van der Waals surface area contributed by atoms with Crippen molar-refractivity contribution < 1.29 is 22.7 Å². The molecule has 5 nitrogen and oxygen atoms in total. The molecular formula is C20H8Cl4F3N3O2S. The van der Waals surface area contributed by atoms with E-state index in [0.717, 1.165) is 11.3 Å². The molecule has 0 aliphatic carbocycles. The Morgan fingerprint density at radius 3 is 2.42 bits per heavy atom. The summed E-state index contributed by atoms with van der Waals surface area (Å²) in [5.74, 6) is -0.865. The molecule has 2 heterocycles. The second kappa shape index (κ2) is 9.15. The van der Waals surface area contributed by atoms with E-state index in [1.54, 1.807) is 24.3 Å². The van der Waals surface area contributed by atoms with Crippen LogP contribution in [0.5, 0.6) is 11.6 Å². The fraction of sp³-hybridized carbons (Fsp3) is 0.0500. The van der Waals surface area contributed by atoms with Crippen molar-refractivity contribution in [3.63, 3.8) is 0 Å². The van der Waals surface area contributed by atoms with Crippen molar-refractivity contribution in [2.75, 3.05) is 5.32 Å². The Balaban J connectivity index is 1.65. The van der Waals surface area contributed by atoms with E-state index >= 15 is 0 Å². The first-order valence-electron chi connectivity index (χ1n) is 8.79. The Morgan fingerprint density at radius 2 is 1.76 bits per heavy atom. The quantitative estimate of drug-likeness (QED) is 0.276. The molecule has 0 saturated carbocycles. The van der Waals surface area contributed by atoms with Gasteiger partial charge in [0.1, 0.15) is 10.0 Å². The second-order valence-electron chi connectivity index (χ2n) is 6.41. The lowest BCUT2D eigenvalue weighted by molar-refractivity contribution is -0.137. The summed E-state index contributed by atoms with van der Waals surface area (Å²) in [5, 5.41) is 2.78. The standard InChI is InChI=1S/C20H8Cl4F3N3O2S/c21-10-4-2-1-3-9(10)17(31)30-19-29-13-6-11(22)15(14(24)16(13)33-19)32-18-12(23)5-8(7-28-18)20(25,26)27/h1-7H,(H,29,30,31). The van der Waals surface area contributed by atoms with Crippen LogP contribution in [0.15, 0.2) is 42.6 Å². The van der Waals surface area contributed by atoms with Crippen molar-refractivity contribution in [2.24, 2.45) is 0 Å². The Kier molecular flexibility index (Phi) is 6.61. The molecule has 0 unspecified atom stereocenters. The molecule has 0 radical (unpaired) electrons. The van der Waals surface area contributed by atoms with Crippen LogP contribution in [0, 0.1) is 0 Å². The summed E-state index contributed by atoms with van der Waals surface area (Å²) in [5.41, 5.74) is -0.410. The lowest BCUT2D eigenvalue weighted by Gasteiger charge is -2.12. The molecule has 0 atom stereocenters. The topological polar surface area (TPSA) is 64.1 Å². The van der Waals surface area contributed by atoms with Crippen LogP contribution in [0.3, 0.4) is 0 Å². The number of carbonyl (C=O) groups excluding carboxylic acids is 1. The van der Waals surface area contributed by atoms with Crippen molar-refractivity contribution >= 4 is 79.0 Å². The van der Waals surface area contributed by atoms with Gasteiger partial charge in [0.2, 0.25) is 5.88 Å². The van der Waals surface area contributed by atoms with Gasteiger partial charge in [0.15, 0.2) is 10.9 Å². The minimum absolute atomic E-state index is 0.0135. The Hall–Kier alpha value is -2.30. The third-order valence-electron chi connectivity index (χ3n) is 4.20. The largest absolute Gasteiger partial charge is 0.434 e. The summed E-state index contributed by atoms with van der Waals surface area (Å²) < 4.78 is 44.4. The molecule has 0 fully saturated rings. The molecule has 13 heteroatoms. The van der Waals surface area contributed by atoms with Crippen LogP contribution in [0.4, 0.5) is 18.3 Å². The Bertz CT molecular complexity index is 1400. The number of rotatable bonds is 4. The molecule has 2 aromatic carbocycles. The van der Waals surface area contributed by atoms with Gasteiger partial charge in [0.05, 0.1) is 31.4 Å². The fourth-order valence-electron chi connectivity index (χ4n) is 2.69. The highest BCUT2D eigenvalue weighted by molar-refractivity contribution is 7.23. The van der Waals surface area contributed by atoms with Crippen LogP contribution in [-0.4, -0.2) is 15.9 Å². The van der Waals surface area contributed by atoms with Crippen LogP contribution in [0.2, 0.25) is 20.1 Å². The molecule has 170 valence electrons. The predicted molar refractivity (Wildman–Crippen MR) is 123 cm³/mol. The third-order valence-corrected chi connectivity index (χ3v) is 6.56. The monoisotopic (exact) mass is 551 g/mol. The SMILES string of the molecule is O=C(Nc1nc2cc(Cl)c(Oc3ncc(C(F)(F)F)cc3Cl)c(Cl)c2s1)c1ccccc1Cl. The number of pyridine rings is 1. The lowest BCUT2D eigenvalue weighted by Crippen LogP contribution is -2.11. The van der Waals surface area contributed by atoms with E-state index in [-0.39, 0.29) is 42.4 Å². The molecule has 1 amide bonds. The number of ether oxygens (including phenoxy) is 1. The zero-order valence-electron chi connectivity index (χ0n) is 15.8. The fourth-order valence-corrected chi connectivity index (χ4v) is 4.63. The molecule has 0 saturated heterocycles. The zero-order valence-corrected chi connectivity index (χ0v) is 19.6. The smallest absolute Gasteiger partial charge is 0.417 e. The van der Waals surface area contributed by atoms with Gasteiger partial charge < -0.3 is 4.74 Å². The van der Waals surface area contributed by atoms with Gasteiger partial charge in [-0.3, -0.25) is 10.1 Å². The van der Waals surface area contributed by atoms with Crippen molar-refractivity contribution in [1.82, 2.24) is 9.97 Å². The predicted octanol–water partition coefficient (Wildman–Crippen LogP) is 8.37. The maximum absolute atomic E-state index is 12.8. The second-order valence-corrected chi connectivity index (χ2v) is 9.01. The van der Waals surface area contributed by atoms with Gasteiger partial charge in [-0.05, 0) is 24.3 Å². The van der Waals surface area contributed by atoms with Crippen LogP contribution < -0.4 is 10.1 Å². The van der Waals surface area contributed by atoms with Gasteiger partial charge in [0, 0.05) is 6.20 Å². The lowest BCUT2D eigenvalue weighted by atomic mass is 10.2. The summed E-state index contributed by atoms with van der Waals surface area (Å²) in [7, 11) is 0. The number of hydrogen-bond acceptors (Lipinski definition) is 5. The molecule has 4 aromatic rings. The summed E-state index contributed by atoms with van der Waals surface area (Å²) >= 11 is 25.6. The van der Waals surface area contributed by atoms with E-state index < -0.39 is 17.6 Å². The van der Waals surface area contributed by atoms with E-state index in [9.17, 15) is 18.0 Å². The highest BCUT2D eigenvalue weighted by Crippen LogP contribution is 2.45. The van der Waals surface area contributed by atoms with Gasteiger partial charge in [-0.15, -0.1) is 0 Å². The van der Waals surface area contributed by atoms with Crippen molar-refractivity contribution in [2.45, 2.75) is 6.18 Å². The number of alkyl halides is 3. The van der Waals surface area contributed by atoms with E-state index in [2.05, 4.69) is 15.3 Å². The molecule has 0 bridgehead atoms. The number of thiazole rings is 1. The number of nitrogens with zero attached hydrogens (tertiary/aromatic N) is 2. The number of fused-ring (bicyclic) bond motifs is 1. The highest BCUT2D eigenvalue weighted by Gasteiger charge is 2.32. The summed E-state index contributed by atoms with van der Waals surface area (Å²) in [6.45, 7) is 0. The van der Waals surface area contributed by atoms with E-state index in [1.807, 2.05) is 0 Å². The average molecular weight is 553 g/mol. The van der Waals surface area contributed by atoms with Gasteiger partial charge in [-0.2, -0.15) is 13.2 Å². The molecule has 1 N–H and O–H groups in total. The highest BCUT2D eigenvalue weighted by atomic mass is 35.5. The first kappa shape index (κ1) is 23.8. The maximum atomic E-state index is 12.8. The first-order chi connectivity index (χ1) is 15.5. The number of hydrogen-bond donors (Lipinski definition) is 1. The maximum Gasteiger partial charge on any atom is 0.417 e. The van der Waals surface area contributed by atoms with Crippen LogP contribution in [0.1, 0.15) is 15.9 Å². The molecule has 4 rings (SSSR count). The average Bonchev–Trinajstić information content (AvgIpc) is 3.13. The normalized spacial score (nSPS) is 11.6. The van der Waals surface area contributed by atoms with Gasteiger partial charge >= 0.3 is 6.18 Å². The number of anilines is 1. The van der Waals surface area contributed by atoms with Crippen LogP contribution >= 0.6 is 57.7 Å². The van der Waals surface area contributed by atoms with Gasteiger partial charge in [0.25, 0.3) is 5.91 Å². The minimum atomic E-state index is -4.61. The first-order valence-corrected chi connectivity index (χ1v) is 11.1. The zero-order chi connectivity index (χ0) is 23.9. The van der Waals surface area contributed by atoms with E-state index in [0.29, 0.717) is 22.5 Å². The summed E-state index contributed by atoms with van der Waals surface area (Å²) in [6.07, 6.45) is -4.03. The Labute approximate surface area is 208 Å². The molecule has 0 aliphatic rings. The van der Waals surface area contributed by atoms with Crippen molar-refractivity contribution in [1.29, 1.82) is 0 Å². The summed E-state index contributed by atoms with van der Waals surface area (Å²) in [4.78, 5) is 20.4. The molecular weight excluding hydrogens is 545 g/mol. The van der Waals surface area contributed by atoms with Gasteiger partial charge in [-0.1, -0.05) is 69.9 Å². The number of nitrogens with one attached hydrogen (secondary N) is 1. The number of carbonyl (C=O) groups is 1. The van der Waals surface area contributed by atoms with Crippen LogP contribution in [0.25, 0.3) is 10.2 Å². The third kappa shape index (κ3) is 4.97. The van der Waals surface area contributed by atoms with E-state index in [4.69, 9.17) is 51.1 Å². The minimum Gasteiger partial charge on any atom is -0.434 e. The Morgan fingerprint density at radius 1 is 1.03 bits per heavy atom.